The number of urea groups is 1. The normalized spacial score (nSPS) is 19.7. The Kier molecular flexibility index (Phi) is 6.90. The average Bonchev–Trinajstić information content (AvgIpc) is 2.59. The molecule has 1 saturated heterocycles. The van der Waals surface area contributed by atoms with E-state index in [4.69, 9.17) is 0 Å². The SMILES string of the molecule is CC(C)[C@H](CNC(=O)N1CCC[C@@H](CO)C1)Cc1ccccc1. The van der Waals surface area contributed by atoms with Crippen molar-refractivity contribution in [2.75, 3.05) is 26.2 Å². The van der Waals surface area contributed by atoms with Crippen LogP contribution in [0.3, 0.4) is 0 Å². The van der Waals surface area contributed by atoms with E-state index in [-0.39, 0.29) is 18.6 Å². The van der Waals surface area contributed by atoms with E-state index >= 15 is 0 Å². The van der Waals surface area contributed by atoms with Gasteiger partial charge in [-0.1, -0.05) is 44.2 Å². The maximum absolute atomic E-state index is 12.4. The van der Waals surface area contributed by atoms with Gasteiger partial charge in [-0.15, -0.1) is 0 Å². The Morgan fingerprint density at radius 2 is 2.09 bits per heavy atom. The smallest absolute Gasteiger partial charge is 0.317 e. The molecule has 4 nitrogen and oxygen atoms in total. The number of nitrogens with zero attached hydrogens (tertiary/aromatic N) is 1. The standard InChI is InChI=1S/C19H30N2O2/c1-15(2)18(11-16-7-4-3-5-8-16)12-20-19(23)21-10-6-9-17(13-21)14-22/h3-5,7-8,15,17-18,22H,6,9-14H2,1-2H3,(H,20,23)/t17-,18+/m1/s1. The molecule has 1 aromatic carbocycles. The Hall–Kier alpha value is -1.55. The van der Waals surface area contributed by atoms with Crippen LogP contribution in [0.25, 0.3) is 0 Å². The lowest BCUT2D eigenvalue weighted by atomic mass is 9.89. The highest BCUT2D eigenvalue weighted by Gasteiger charge is 2.24. The van der Waals surface area contributed by atoms with Crippen molar-refractivity contribution in [3.63, 3.8) is 0 Å². The molecule has 23 heavy (non-hydrogen) atoms. The minimum atomic E-state index is 0.0156. The van der Waals surface area contributed by atoms with Gasteiger partial charge in [-0.2, -0.15) is 0 Å². The monoisotopic (exact) mass is 318 g/mol. The number of carbonyl (C=O) groups is 1. The van der Waals surface area contributed by atoms with Crippen molar-refractivity contribution in [3.05, 3.63) is 35.9 Å². The zero-order valence-corrected chi connectivity index (χ0v) is 14.4. The van der Waals surface area contributed by atoms with Crippen LogP contribution in [0.5, 0.6) is 0 Å². The number of carbonyl (C=O) groups excluding carboxylic acids is 1. The minimum absolute atomic E-state index is 0.0156. The van der Waals surface area contributed by atoms with Gasteiger partial charge in [-0.25, -0.2) is 4.79 Å². The van der Waals surface area contributed by atoms with Gasteiger partial charge < -0.3 is 15.3 Å². The first kappa shape index (κ1) is 17.8. The molecule has 0 unspecified atom stereocenters. The van der Waals surface area contributed by atoms with Crippen LogP contribution in [-0.2, 0) is 6.42 Å². The first-order valence-electron chi connectivity index (χ1n) is 8.77. The first-order valence-corrected chi connectivity index (χ1v) is 8.77. The second-order valence-corrected chi connectivity index (χ2v) is 7.02. The van der Waals surface area contributed by atoms with Gasteiger partial charge in [0.15, 0.2) is 0 Å². The van der Waals surface area contributed by atoms with E-state index in [1.807, 2.05) is 11.0 Å². The van der Waals surface area contributed by atoms with Crippen LogP contribution >= 0.6 is 0 Å². The van der Waals surface area contributed by atoms with Crippen molar-refractivity contribution in [2.24, 2.45) is 17.8 Å². The zero-order chi connectivity index (χ0) is 16.7. The van der Waals surface area contributed by atoms with Gasteiger partial charge in [-0.05, 0) is 42.6 Å². The third kappa shape index (κ3) is 5.54. The molecule has 0 spiro atoms. The highest BCUT2D eigenvalue weighted by atomic mass is 16.3. The fraction of sp³-hybridized carbons (Fsp3) is 0.632. The molecule has 4 heteroatoms. The molecule has 1 heterocycles. The minimum Gasteiger partial charge on any atom is -0.396 e. The second-order valence-electron chi connectivity index (χ2n) is 7.02. The number of benzene rings is 1. The molecule has 2 amide bonds. The Balaban J connectivity index is 1.84. The zero-order valence-electron chi connectivity index (χ0n) is 14.4. The van der Waals surface area contributed by atoms with Crippen molar-refractivity contribution in [1.29, 1.82) is 0 Å². The number of amides is 2. The Morgan fingerprint density at radius 1 is 1.35 bits per heavy atom. The molecule has 1 aromatic rings. The van der Waals surface area contributed by atoms with Crippen LogP contribution in [0, 0.1) is 17.8 Å². The summed E-state index contributed by atoms with van der Waals surface area (Å²) in [5.41, 5.74) is 1.32. The van der Waals surface area contributed by atoms with Crippen LogP contribution in [0.15, 0.2) is 30.3 Å². The van der Waals surface area contributed by atoms with Gasteiger partial charge >= 0.3 is 6.03 Å². The Labute approximate surface area is 139 Å². The summed E-state index contributed by atoms with van der Waals surface area (Å²) < 4.78 is 0. The number of nitrogens with one attached hydrogen (secondary N) is 1. The van der Waals surface area contributed by atoms with Gasteiger partial charge in [0.25, 0.3) is 0 Å². The number of aliphatic hydroxyl groups excluding tert-OH is 1. The summed E-state index contributed by atoms with van der Waals surface area (Å²) in [4.78, 5) is 14.2. The average molecular weight is 318 g/mol. The number of rotatable bonds is 6. The highest BCUT2D eigenvalue weighted by Crippen LogP contribution is 2.18. The van der Waals surface area contributed by atoms with Crippen LogP contribution in [0.2, 0.25) is 0 Å². The number of hydrogen-bond donors (Lipinski definition) is 2. The molecule has 2 atom stereocenters. The van der Waals surface area contributed by atoms with Gasteiger partial charge in [0, 0.05) is 26.2 Å². The third-order valence-corrected chi connectivity index (χ3v) is 4.86. The fourth-order valence-corrected chi connectivity index (χ4v) is 3.19. The molecule has 128 valence electrons. The van der Waals surface area contributed by atoms with Crippen LogP contribution in [-0.4, -0.2) is 42.3 Å². The van der Waals surface area contributed by atoms with Gasteiger partial charge in [0.1, 0.15) is 0 Å². The summed E-state index contributed by atoms with van der Waals surface area (Å²) in [6.07, 6.45) is 2.98. The predicted molar refractivity (Wildman–Crippen MR) is 93.3 cm³/mol. The molecule has 1 fully saturated rings. The molecule has 0 aliphatic carbocycles. The van der Waals surface area contributed by atoms with E-state index in [9.17, 15) is 9.90 Å². The Bertz CT molecular complexity index is 476. The summed E-state index contributed by atoms with van der Waals surface area (Å²) in [5.74, 6) is 1.18. The number of hydrogen-bond acceptors (Lipinski definition) is 2. The lowest BCUT2D eigenvalue weighted by Gasteiger charge is -2.32. The number of piperidine rings is 1. The molecule has 1 aliphatic heterocycles. The van der Waals surface area contributed by atoms with E-state index < -0.39 is 0 Å². The summed E-state index contributed by atoms with van der Waals surface area (Å²) in [6.45, 7) is 6.77. The molecule has 0 aromatic heterocycles. The number of likely N-dealkylation sites (tertiary alicyclic amines) is 1. The lowest BCUT2D eigenvalue weighted by molar-refractivity contribution is 0.128. The maximum Gasteiger partial charge on any atom is 0.317 e. The molecule has 2 N–H and O–H groups in total. The van der Waals surface area contributed by atoms with Crippen molar-refractivity contribution < 1.29 is 9.90 Å². The van der Waals surface area contributed by atoms with E-state index in [2.05, 4.69) is 43.4 Å². The van der Waals surface area contributed by atoms with Gasteiger partial charge in [0.2, 0.25) is 0 Å². The number of aliphatic hydroxyl groups is 1. The molecule has 1 aliphatic rings. The lowest BCUT2D eigenvalue weighted by Crippen LogP contribution is -2.47. The van der Waals surface area contributed by atoms with E-state index in [1.54, 1.807) is 0 Å². The van der Waals surface area contributed by atoms with E-state index in [0.717, 1.165) is 25.8 Å². The third-order valence-electron chi connectivity index (χ3n) is 4.86. The quantitative estimate of drug-likeness (QED) is 0.847. The van der Waals surface area contributed by atoms with Crippen LogP contribution in [0.1, 0.15) is 32.3 Å². The van der Waals surface area contributed by atoms with Crippen molar-refractivity contribution in [3.8, 4) is 0 Å². The largest absolute Gasteiger partial charge is 0.396 e. The van der Waals surface area contributed by atoms with Crippen LogP contribution in [0.4, 0.5) is 4.79 Å². The topological polar surface area (TPSA) is 52.6 Å². The molecule has 0 saturated carbocycles. The van der Waals surface area contributed by atoms with Crippen molar-refractivity contribution in [1.82, 2.24) is 10.2 Å². The van der Waals surface area contributed by atoms with E-state index in [0.29, 0.717) is 24.9 Å². The van der Waals surface area contributed by atoms with Gasteiger partial charge in [0.05, 0.1) is 0 Å². The first-order chi connectivity index (χ1) is 11.1. The Morgan fingerprint density at radius 3 is 2.74 bits per heavy atom. The second kappa shape index (κ2) is 8.92. The van der Waals surface area contributed by atoms with E-state index in [1.165, 1.54) is 5.56 Å². The highest BCUT2D eigenvalue weighted by molar-refractivity contribution is 5.74. The summed E-state index contributed by atoms with van der Waals surface area (Å²) in [5, 5.41) is 12.4. The molecule has 2 rings (SSSR count). The van der Waals surface area contributed by atoms with Crippen molar-refractivity contribution in [2.45, 2.75) is 33.1 Å². The summed E-state index contributed by atoms with van der Waals surface area (Å²) >= 11 is 0. The van der Waals surface area contributed by atoms with Crippen molar-refractivity contribution >= 4 is 6.03 Å². The summed E-state index contributed by atoms with van der Waals surface area (Å²) in [7, 11) is 0. The molecular formula is C19H30N2O2. The van der Waals surface area contributed by atoms with Crippen LogP contribution < -0.4 is 5.32 Å². The maximum atomic E-state index is 12.4. The molecular weight excluding hydrogens is 288 g/mol. The predicted octanol–water partition coefficient (Wildman–Crippen LogP) is 2.92. The fourth-order valence-electron chi connectivity index (χ4n) is 3.19. The summed E-state index contributed by atoms with van der Waals surface area (Å²) in [6, 6.07) is 10.5. The van der Waals surface area contributed by atoms with Gasteiger partial charge in [-0.3, -0.25) is 0 Å². The molecule has 0 radical (unpaired) electrons. The molecule has 0 bridgehead atoms.